The van der Waals surface area contributed by atoms with Crippen LogP contribution in [0.2, 0.25) is 0 Å². The molecule has 0 N–H and O–H groups in total. The first-order valence-electron chi connectivity index (χ1n) is 13.3. The third-order valence-corrected chi connectivity index (χ3v) is 7.77. The highest BCUT2D eigenvalue weighted by molar-refractivity contribution is 6.14. The van der Waals surface area contributed by atoms with E-state index in [0.29, 0.717) is 11.8 Å². The Morgan fingerprint density at radius 2 is 1.46 bits per heavy atom. The van der Waals surface area contributed by atoms with E-state index >= 15 is 0 Å². The number of aromatic nitrogens is 4. The fourth-order valence-electron chi connectivity index (χ4n) is 6.02. The summed E-state index contributed by atoms with van der Waals surface area (Å²) in [6, 6.07) is 38.7. The van der Waals surface area contributed by atoms with Crippen molar-refractivity contribution in [1.29, 1.82) is 0 Å². The number of hydrogen-bond donors (Lipinski definition) is 0. The fourth-order valence-corrected chi connectivity index (χ4v) is 6.02. The van der Waals surface area contributed by atoms with Crippen LogP contribution in [0.25, 0.3) is 49.7 Å². The molecule has 0 fully saturated rings. The third-order valence-electron chi connectivity index (χ3n) is 7.77. The molecule has 3 heterocycles. The van der Waals surface area contributed by atoms with Gasteiger partial charge in [-0.05, 0) is 47.9 Å². The molecule has 5 nitrogen and oxygen atoms in total. The summed E-state index contributed by atoms with van der Waals surface area (Å²) in [6.07, 6.45) is 0.940. The summed E-state index contributed by atoms with van der Waals surface area (Å²) < 4.78 is 2.42. The highest BCUT2D eigenvalue weighted by Gasteiger charge is 2.29. The van der Waals surface area contributed by atoms with Crippen molar-refractivity contribution in [3.8, 4) is 17.1 Å². The summed E-state index contributed by atoms with van der Waals surface area (Å²) in [5, 5.41) is 4.94. The first-order chi connectivity index (χ1) is 19.2. The molecule has 7 aromatic rings. The highest BCUT2D eigenvalue weighted by Crippen LogP contribution is 2.44. The zero-order valence-electron chi connectivity index (χ0n) is 21.5. The van der Waals surface area contributed by atoms with Gasteiger partial charge in [0.25, 0.3) is 0 Å². The Morgan fingerprint density at radius 1 is 0.667 bits per heavy atom. The Balaban J connectivity index is 1.41. The SMILES string of the molecule is Cc1nc(-c2ccccc2)nc(N2CCc3ccc4c5ccccc5n(-c5ccc6ccccc6c5)c4c32)n1. The van der Waals surface area contributed by atoms with Gasteiger partial charge in [0.05, 0.1) is 16.7 Å². The maximum absolute atomic E-state index is 4.98. The number of benzene rings is 5. The second-order valence-electron chi connectivity index (χ2n) is 10.1. The molecule has 0 saturated carbocycles. The van der Waals surface area contributed by atoms with E-state index in [0.717, 1.165) is 30.0 Å². The number of anilines is 2. The van der Waals surface area contributed by atoms with Crippen molar-refractivity contribution in [1.82, 2.24) is 19.5 Å². The smallest absolute Gasteiger partial charge is 0.233 e. The van der Waals surface area contributed by atoms with E-state index in [9.17, 15) is 0 Å². The maximum atomic E-state index is 4.98. The van der Waals surface area contributed by atoms with E-state index in [1.54, 1.807) is 0 Å². The van der Waals surface area contributed by atoms with Gasteiger partial charge in [-0.15, -0.1) is 0 Å². The van der Waals surface area contributed by atoms with Crippen LogP contribution in [0.3, 0.4) is 0 Å². The van der Waals surface area contributed by atoms with Gasteiger partial charge in [0.15, 0.2) is 5.82 Å². The first kappa shape index (κ1) is 22.0. The van der Waals surface area contributed by atoms with Crippen molar-refractivity contribution in [2.24, 2.45) is 0 Å². The quantitative estimate of drug-likeness (QED) is 0.247. The standard InChI is InChI=1S/C34H25N5/c1-22-35-33(25-10-3-2-4-11-25)37-34(36-22)38-20-19-24-16-18-29-28-13-7-8-14-30(28)39(32(29)31(24)38)27-17-15-23-9-5-6-12-26(23)21-27/h2-18,21H,19-20H2,1H3. The number of para-hydroxylation sites is 1. The van der Waals surface area contributed by atoms with Gasteiger partial charge in [0, 0.05) is 28.6 Å². The molecule has 0 bridgehead atoms. The molecule has 5 aromatic carbocycles. The lowest BCUT2D eigenvalue weighted by Crippen LogP contribution is -2.18. The average Bonchev–Trinajstić information content (AvgIpc) is 3.56. The molecule has 8 rings (SSSR count). The van der Waals surface area contributed by atoms with Crippen LogP contribution in [-0.2, 0) is 6.42 Å². The second kappa shape index (κ2) is 8.50. The topological polar surface area (TPSA) is 46.8 Å². The Morgan fingerprint density at radius 3 is 2.36 bits per heavy atom. The van der Waals surface area contributed by atoms with Crippen molar-refractivity contribution in [3.05, 3.63) is 121 Å². The van der Waals surface area contributed by atoms with Gasteiger partial charge in [0.2, 0.25) is 5.95 Å². The number of aryl methyl sites for hydroxylation is 1. The van der Waals surface area contributed by atoms with E-state index in [-0.39, 0.29) is 0 Å². The van der Waals surface area contributed by atoms with Crippen LogP contribution < -0.4 is 4.90 Å². The molecule has 0 atom stereocenters. The summed E-state index contributed by atoms with van der Waals surface area (Å²) >= 11 is 0. The average molecular weight is 504 g/mol. The van der Waals surface area contributed by atoms with Gasteiger partial charge in [-0.1, -0.05) is 91.0 Å². The van der Waals surface area contributed by atoms with Crippen LogP contribution in [-0.4, -0.2) is 26.1 Å². The molecule has 0 unspecified atom stereocenters. The minimum absolute atomic E-state index is 0.697. The van der Waals surface area contributed by atoms with Gasteiger partial charge in [-0.3, -0.25) is 0 Å². The zero-order valence-corrected chi connectivity index (χ0v) is 21.5. The van der Waals surface area contributed by atoms with Gasteiger partial charge in [0.1, 0.15) is 5.82 Å². The molecule has 5 heteroatoms. The molecule has 0 saturated heterocycles. The molecule has 0 radical (unpaired) electrons. The zero-order chi connectivity index (χ0) is 25.9. The summed E-state index contributed by atoms with van der Waals surface area (Å²) in [5.74, 6) is 2.12. The molecule has 2 aromatic heterocycles. The third kappa shape index (κ3) is 3.43. The summed E-state index contributed by atoms with van der Waals surface area (Å²) in [5.41, 5.74) is 7.03. The molecule has 1 aliphatic rings. The Labute approximate surface area is 226 Å². The van der Waals surface area contributed by atoms with E-state index in [2.05, 4.69) is 93.3 Å². The van der Waals surface area contributed by atoms with Gasteiger partial charge < -0.3 is 9.47 Å². The highest BCUT2D eigenvalue weighted by atomic mass is 15.3. The Bertz CT molecular complexity index is 2040. The van der Waals surface area contributed by atoms with E-state index < -0.39 is 0 Å². The number of nitrogens with zero attached hydrogens (tertiary/aromatic N) is 5. The predicted octanol–water partition coefficient (Wildman–Crippen LogP) is 7.79. The van der Waals surface area contributed by atoms with E-state index in [1.807, 2.05) is 37.3 Å². The predicted molar refractivity (Wildman–Crippen MR) is 159 cm³/mol. The van der Waals surface area contributed by atoms with Gasteiger partial charge in [-0.2, -0.15) is 9.97 Å². The fraction of sp³-hybridized carbons (Fsp3) is 0.0882. The van der Waals surface area contributed by atoms with Crippen molar-refractivity contribution < 1.29 is 0 Å². The molecule has 0 spiro atoms. The van der Waals surface area contributed by atoms with Crippen molar-refractivity contribution in [2.75, 3.05) is 11.4 Å². The lowest BCUT2D eigenvalue weighted by atomic mass is 10.1. The Hall–Kier alpha value is -5.03. The van der Waals surface area contributed by atoms with Crippen LogP contribution in [0.5, 0.6) is 0 Å². The van der Waals surface area contributed by atoms with Crippen LogP contribution >= 0.6 is 0 Å². The molecule has 39 heavy (non-hydrogen) atoms. The van der Waals surface area contributed by atoms with Crippen LogP contribution in [0.15, 0.2) is 109 Å². The van der Waals surface area contributed by atoms with Crippen LogP contribution in [0, 0.1) is 6.92 Å². The van der Waals surface area contributed by atoms with E-state index in [1.165, 1.54) is 43.8 Å². The van der Waals surface area contributed by atoms with Crippen molar-refractivity contribution >= 4 is 44.2 Å². The minimum atomic E-state index is 0.697. The van der Waals surface area contributed by atoms with Crippen LogP contribution in [0.1, 0.15) is 11.4 Å². The maximum Gasteiger partial charge on any atom is 0.233 e. The Kier molecular flexibility index (Phi) is 4.79. The molecule has 0 aliphatic carbocycles. The molecular weight excluding hydrogens is 478 g/mol. The lowest BCUT2D eigenvalue weighted by molar-refractivity contribution is 0.898. The van der Waals surface area contributed by atoms with Crippen molar-refractivity contribution in [3.63, 3.8) is 0 Å². The normalized spacial score (nSPS) is 13.0. The number of fused-ring (bicyclic) bond motifs is 6. The molecule has 186 valence electrons. The first-order valence-corrected chi connectivity index (χ1v) is 13.3. The van der Waals surface area contributed by atoms with Crippen LogP contribution in [0.4, 0.5) is 11.6 Å². The van der Waals surface area contributed by atoms with Crippen molar-refractivity contribution in [2.45, 2.75) is 13.3 Å². The lowest BCUT2D eigenvalue weighted by Gasteiger charge is -2.21. The molecule has 1 aliphatic heterocycles. The van der Waals surface area contributed by atoms with Gasteiger partial charge >= 0.3 is 0 Å². The summed E-state index contributed by atoms with van der Waals surface area (Å²) in [6.45, 7) is 2.77. The minimum Gasteiger partial charge on any atom is -0.308 e. The van der Waals surface area contributed by atoms with Gasteiger partial charge in [-0.25, -0.2) is 4.98 Å². The monoisotopic (exact) mass is 503 g/mol. The summed E-state index contributed by atoms with van der Waals surface area (Å²) in [4.78, 5) is 16.8. The molecule has 0 amide bonds. The number of rotatable bonds is 3. The second-order valence-corrected chi connectivity index (χ2v) is 10.1. The summed E-state index contributed by atoms with van der Waals surface area (Å²) in [7, 11) is 0. The molecular formula is C34H25N5. The number of hydrogen-bond acceptors (Lipinski definition) is 4. The van der Waals surface area contributed by atoms with E-state index in [4.69, 9.17) is 9.97 Å². The largest absolute Gasteiger partial charge is 0.308 e.